The van der Waals surface area contributed by atoms with Crippen molar-refractivity contribution < 1.29 is 28.7 Å². The minimum atomic E-state index is -1.11. The Bertz CT molecular complexity index is 1170. The molecule has 5 atom stereocenters. The van der Waals surface area contributed by atoms with Crippen LogP contribution in [0.2, 0.25) is 0 Å². The number of ketones is 1. The second-order valence-electron chi connectivity index (χ2n) is 11.0. The first kappa shape index (κ1) is 31.5. The van der Waals surface area contributed by atoms with Gasteiger partial charge in [0.2, 0.25) is 17.6 Å². The third-order valence-electron chi connectivity index (χ3n) is 6.84. The summed E-state index contributed by atoms with van der Waals surface area (Å²) in [7, 11) is 0. The average Bonchev–Trinajstić information content (AvgIpc) is 3.30. The molecule has 0 saturated heterocycles. The summed E-state index contributed by atoms with van der Waals surface area (Å²) in [6.45, 7) is 12.6. The zero-order chi connectivity index (χ0) is 29.3. The highest BCUT2D eigenvalue weighted by Crippen LogP contribution is 2.20. The molecule has 0 fully saturated rings. The number of alkyl carbamates (subject to hydrolysis) is 1. The monoisotopic (exact) mass is 542 g/mol. The predicted octanol–water partition coefficient (Wildman–Crippen LogP) is 3.43. The van der Waals surface area contributed by atoms with E-state index in [1.807, 2.05) is 45.0 Å². The summed E-state index contributed by atoms with van der Waals surface area (Å²) < 4.78 is 5.32. The Kier molecular flexibility index (Phi) is 11.2. The van der Waals surface area contributed by atoms with Crippen LogP contribution in [0.3, 0.4) is 0 Å². The summed E-state index contributed by atoms with van der Waals surface area (Å²) in [6, 6.07) is 4.47. The van der Waals surface area contributed by atoms with Crippen molar-refractivity contribution in [2.45, 2.75) is 91.5 Å². The largest absolute Gasteiger partial charge is 0.444 e. The minimum Gasteiger partial charge on any atom is -0.444 e. The summed E-state index contributed by atoms with van der Waals surface area (Å²) in [5, 5.41) is 8.97. The van der Waals surface area contributed by atoms with Gasteiger partial charge >= 0.3 is 6.09 Å². The molecule has 1 aromatic carbocycles. The fourth-order valence-corrected chi connectivity index (χ4v) is 4.17. The van der Waals surface area contributed by atoms with Gasteiger partial charge in [-0.05, 0) is 44.2 Å². The van der Waals surface area contributed by atoms with Gasteiger partial charge in [0.15, 0.2) is 6.29 Å². The quantitative estimate of drug-likeness (QED) is 0.225. The van der Waals surface area contributed by atoms with Gasteiger partial charge in [0.25, 0.3) is 0 Å². The summed E-state index contributed by atoms with van der Waals surface area (Å²) in [4.78, 5) is 66.3. The van der Waals surface area contributed by atoms with Gasteiger partial charge in [-0.1, -0.05) is 58.7 Å². The van der Waals surface area contributed by atoms with Crippen molar-refractivity contribution in [2.75, 3.05) is 0 Å². The van der Waals surface area contributed by atoms with Gasteiger partial charge in [0, 0.05) is 23.5 Å². The maximum absolute atomic E-state index is 13.5. The number of hydrogen-bond donors (Lipinski definition) is 4. The van der Waals surface area contributed by atoms with Crippen LogP contribution in [-0.4, -0.2) is 58.7 Å². The summed E-state index contributed by atoms with van der Waals surface area (Å²) in [6.07, 6.45) is 2.46. The molecule has 0 saturated carbocycles. The highest BCUT2D eigenvalue weighted by Gasteiger charge is 2.34. The second kappa shape index (κ2) is 13.9. The lowest BCUT2D eigenvalue weighted by Crippen LogP contribution is -2.59. The number of rotatable bonds is 13. The van der Waals surface area contributed by atoms with E-state index in [9.17, 15) is 24.0 Å². The highest BCUT2D eigenvalue weighted by molar-refractivity contribution is 6.28. The molecule has 10 heteroatoms. The lowest BCUT2D eigenvalue weighted by Gasteiger charge is -2.30. The van der Waals surface area contributed by atoms with Crippen molar-refractivity contribution in [3.63, 3.8) is 0 Å². The molecule has 0 radical (unpaired) electrons. The van der Waals surface area contributed by atoms with E-state index in [0.29, 0.717) is 12.8 Å². The highest BCUT2D eigenvalue weighted by atomic mass is 16.6. The lowest BCUT2D eigenvalue weighted by molar-refractivity contribution is -0.135. The molecule has 2 rings (SSSR count). The van der Waals surface area contributed by atoms with E-state index in [-0.39, 0.29) is 24.5 Å². The van der Waals surface area contributed by atoms with Gasteiger partial charge in [0.1, 0.15) is 17.7 Å². The molecule has 0 spiro atoms. The first-order valence-corrected chi connectivity index (χ1v) is 13.4. The number of ether oxygens (including phenoxy) is 1. The Balaban J connectivity index is 2.25. The summed E-state index contributed by atoms with van der Waals surface area (Å²) in [5.41, 5.74) is 0.896. The third kappa shape index (κ3) is 8.94. The molecule has 2 aromatic rings. The van der Waals surface area contributed by atoms with Crippen molar-refractivity contribution in [3.8, 4) is 0 Å². The Morgan fingerprint density at radius 2 is 1.49 bits per heavy atom. The fourth-order valence-electron chi connectivity index (χ4n) is 4.17. The van der Waals surface area contributed by atoms with Crippen molar-refractivity contribution >= 4 is 40.9 Å². The minimum absolute atomic E-state index is 0.101. The van der Waals surface area contributed by atoms with Gasteiger partial charge < -0.3 is 25.7 Å². The number of hydrogen-bond acceptors (Lipinski definition) is 6. The maximum Gasteiger partial charge on any atom is 0.408 e. The first-order valence-electron chi connectivity index (χ1n) is 13.4. The molecule has 39 heavy (non-hydrogen) atoms. The van der Waals surface area contributed by atoms with E-state index < -0.39 is 47.4 Å². The number of aldehydes is 1. The zero-order valence-electron chi connectivity index (χ0n) is 23.9. The van der Waals surface area contributed by atoms with Crippen molar-refractivity contribution in [1.82, 2.24) is 20.9 Å². The molecule has 0 aliphatic carbocycles. The van der Waals surface area contributed by atoms with E-state index in [4.69, 9.17) is 4.74 Å². The molecular formula is C29H42N4O6. The van der Waals surface area contributed by atoms with Crippen LogP contribution in [0.4, 0.5) is 4.79 Å². The van der Waals surface area contributed by atoms with Crippen LogP contribution >= 0.6 is 0 Å². The fraction of sp³-hybridized carbons (Fsp3) is 0.552. The van der Waals surface area contributed by atoms with Crippen molar-refractivity contribution in [2.24, 2.45) is 11.8 Å². The molecule has 4 N–H and O–H groups in total. The molecule has 214 valence electrons. The standard InChI is InChI=1S/C29H42N4O6/c1-8-17(3)24(32-27(37)25(18(4)9-2)33-28(38)39-29(5,6)7)26(36)31-22(23(35)16-34)14-19-15-30-21-13-11-10-12-20(19)21/h10-13,15-18,22,24-25,30H,8-9,14H2,1-7H3,(H,31,36)(H,32,37)(H,33,38)/t17-,18-,22-,24-,25-/m0/s1. The van der Waals surface area contributed by atoms with Gasteiger partial charge in [0.05, 0.1) is 6.04 Å². The first-order chi connectivity index (χ1) is 18.3. The number of aromatic nitrogens is 1. The van der Waals surface area contributed by atoms with Gasteiger partial charge in [-0.2, -0.15) is 0 Å². The van der Waals surface area contributed by atoms with Crippen LogP contribution in [0.5, 0.6) is 0 Å². The number of fused-ring (bicyclic) bond motifs is 1. The van der Waals surface area contributed by atoms with Crippen LogP contribution in [0, 0.1) is 11.8 Å². The molecule has 0 unspecified atom stereocenters. The Labute approximate surface area is 230 Å². The smallest absolute Gasteiger partial charge is 0.408 e. The second-order valence-corrected chi connectivity index (χ2v) is 11.0. The van der Waals surface area contributed by atoms with Gasteiger partial charge in [-0.3, -0.25) is 19.2 Å². The Hall–Kier alpha value is -3.69. The number of carbonyl (C=O) groups excluding carboxylic acids is 5. The number of Topliss-reactive ketones (excluding diaryl/α,β-unsaturated/α-hetero) is 1. The van der Waals surface area contributed by atoms with Gasteiger partial charge in [-0.25, -0.2) is 4.79 Å². The van der Waals surface area contributed by atoms with Crippen LogP contribution < -0.4 is 16.0 Å². The van der Waals surface area contributed by atoms with Gasteiger partial charge in [-0.15, -0.1) is 0 Å². The maximum atomic E-state index is 13.5. The van der Waals surface area contributed by atoms with E-state index in [0.717, 1.165) is 16.5 Å². The molecule has 0 aliphatic heterocycles. The number of aromatic amines is 1. The number of nitrogens with one attached hydrogen (secondary N) is 4. The normalized spacial score (nSPS) is 15.4. The van der Waals surface area contributed by atoms with Crippen molar-refractivity contribution in [3.05, 3.63) is 36.0 Å². The molecule has 10 nitrogen and oxygen atoms in total. The number of amides is 3. The van der Waals surface area contributed by atoms with E-state index >= 15 is 0 Å². The number of benzene rings is 1. The predicted molar refractivity (Wildman–Crippen MR) is 149 cm³/mol. The van der Waals surface area contributed by atoms with E-state index in [1.165, 1.54) is 0 Å². The zero-order valence-corrected chi connectivity index (χ0v) is 23.9. The molecule has 0 aliphatic rings. The van der Waals surface area contributed by atoms with Crippen LogP contribution in [-0.2, 0) is 30.3 Å². The number of para-hydroxylation sites is 1. The topological polar surface area (TPSA) is 146 Å². The molecule has 1 heterocycles. The van der Waals surface area contributed by atoms with E-state index in [1.54, 1.807) is 33.9 Å². The molecule has 1 aromatic heterocycles. The van der Waals surface area contributed by atoms with Crippen LogP contribution in [0.1, 0.15) is 66.9 Å². The molecule has 0 bridgehead atoms. The Morgan fingerprint density at radius 1 is 0.923 bits per heavy atom. The van der Waals surface area contributed by atoms with Crippen LogP contribution in [0.25, 0.3) is 10.9 Å². The summed E-state index contributed by atoms with van der Waals surface area (Å²) in [5.74, 6) is -2.44. The SMILES string of the molecule is CC[C@H](C)[C@H](NC(=O)OC(C)(C)C)C(=O)N[C@H](C(=O)N[C@@H](Cc1c[nH]c2ccccc12)C(=O)C=O)[C@@H](C)CC. The Morgan fingerprint density at radius 3 is 2.05 bits per heavy atom. The number of carbonyl (C=O) groups is 5. The summed E-state index contributed by atoms with van der Waals surface area (Å²) >= 11 is 0. The lowest BCUT2D eigenvalue weighted by atomic mass is 9.94. The average molecular weight is 543 g/mol. The van der Waals surface area contributed by atoms with Crippen molar-refractivity contribution in [1.29, 1.82) is 0 Å². The van der Waals surface area contributed by atoms with E-state index in [2.05, 4.69) is 20.9 Å². The third-order valence-corrected chi connectivity index (χ3v) is 6.84. The molecular weight excluding hydrogens is 500 g/mol. The number of H-pyrrole nitrogens is 1. The van der Waals surface area contributed by atoms with Crippen LogP contribution in [0.15, 0.2) is 30.5 Å². The molecule has 3 amide bonds.